The number of benzene rings is 1. The first kappa shape index (κ1) is 13.9. The lowest BCUT2D eigenvalue weighted by atomic mass is 10.2. The third kappa shape index (κ3) is 2.49. The Labute approximate surface area is 125 Å². The minimum absolute atomic E-state index is 0.218. The van der Waals surface area contributed by atoms with Crippen molar-refractivity contribution in [1.29, 1.82) is 0 Å². The zero-order chi connectivity index (χ0) is 15.0. The van der Waals surface area contributed by atoms with E-state index in [1.54, 1.807) is 10.8 Å². The molecule has 0 aliphatic heterocycles. The highest BCUT2D eigenvalue weighted by atomic mass is 35.5. The lowest BCUT2D eigenvalue weighted by molar-refractivity contribution is 0.577. The van der Waals surface area contributed by atoms with E-state index in [0.29, 0.717) is 29.3 Å². The lowest BCUT2D eigenvalue weighted by Gasteiger charge is -2.09. The Morgan fingerprint density at radius 3 is 2.76 bits per heavy atom. The van der Waals surface area contributed by atoms with E-state index in [9.17, 15) is 8.78 Å². The largest absolute Gasteiger partial charge is 0.278 e. The molecule has 0 bridgehead atoms. The number of hydrogen-bond acceptors (Lipinski definition) is 2. The first-order valence-electron chi connectivity index (χ1n) is 6.45. The molecule has 0 radical (unpaired) electrons. The third-order valence-electron chi connectivity index (χ3n) is 3.17. The predicted molar refractivity (Wildman–Crippen MR) is 77.9 cm³/mol. The molecule has 0 atom stereocenters. The second-order valence-corrected chi connectivity index (χ2v) is 5.13. The molecule has 0 saturated carbocycles. The maximum atomic E-state index is 14.1. The van der Waals surface area contributed by atoms with Gasteiger partial charge in [-0.2, -0.15) is 0 Å². The van der Waals surface area contributed by atoms with Gasteiger partial charge in [-0.25, -0.2) is 18.7 Å². The Hall–Kier alpha value is -2.01. The van der Waals surface area contributed by atoms with E-state index in [1.807, 2.05) is 13.0 Å². The maximum Gasteiger partial charge on any atom is 0.164 e. The van der Waals surface area contributed by atoms with Crippen LogP contribution in [0.4, 0.5) is 8.78 Å². The van der Waals surface area contributed by atoms with Crippen LogP contribution in [0.3, 0.4) is 0 Å². The van der Waals surface area contributed by atoms with Gasteiger partial charge in [-0.05, 0) is 30.7 Å². The van der Waals surface area contributed by atoms with Crippen molar-refractivity contribution in [3.05, 3.63) is 53.5 Å². The van der Waals surface area contributed by atoms with Gasteiger partial charge in [-0.15, -0.1) is 11.6 Å². The average molecular weight is 308 g/mol. The fraction of sp³-hybridized carbons (Fsp3) is 0.200. The van der Waals surface area contributed by atoms with Gasteiger partial charge in [-0.3, -0.25) is 4.57 Å². The number of aromatic nitrogens is 3. The molecule has 0 saturated heterocycles. The van der Waals surface area contributed by atoms with E-state index >= 15 is 0 Å². The van der Waals surface area contributed by atoms with Gasteiger partial charge < -0.3 is 0 Å². The lowest BCUT2D eigenvalue weighted by Crippen LogP contribution is -2.05. The van der Waals surface area contributed by atoms with E-state index in [1.165, 1.54) is 12.1 Å². The number of nitrogens with zero attached hydrogens (tertiary/aromatic N) is 3. The number of pyridine rings is 1. The summed E-state index contributed by atoms with van der Waals surface area (Å²) in [7, 11) is 0. The number of halogens is 3. The SMILES string of the molecule is Cc1cnc2c(c1)nc(CCCl)n2-c1ccc(F)cc1F. The van der Waals surface area contributed by atoms with E-state index in [-0.39, 0.29) is 5.69 Å². The molecule has 21 heavy (non-hydrogen) atoms. The van der Waals surface area contributed by atoms with Crippen molar-refractivity contribution in [2.45, 2.75) is 13.3 Å². The molecule has 108 valence electrons. The van der Waals surface area contributed by atoms with Gasteiger partial charge in [-0.1, -0.05) is 0 Å². The van der Waals surface area contributed by atoms with Crippen LogP contribution in [0.2, 0.25) is 0 Å². The number of aryl methyl sites for hydroxylation is 2. The molecule has 3 rings (SSSR count). The molecule has 0 spiro atoms. The summed E-state index contributed by atoms with van der Waals surface area (Å²) >= 11 is 5.79. The van der Waals surface area contributed by atoms with Gasteiger partial charge >= 0.3 is 0 Å². The summed E-state index contributed by atoms with van der Waals surface area (Å²) in [6.45, 7) is 1.91. The smallest absolute Gasteiger partial charge is 0.164 e. The van der Waals surface area contributed by atoms with E-state index in [4.69, 9.17) is 11.6 Å². The van der Waals surface area contributed by atoms with Crippen LogP contribution in [-0.4, -0.2) is 20.4 Å². The molecule has 0 amide bonds. The van der Waals surface area contributed by atoms with Crippen LogP contribution >= 0.6 is 11.6 Å². The van der Waals surface area contributed by atoms with E-state index < -0.39 is 11.6 Å². The minimum atomic E-state index is -0.660. The molecular formula is C15H12ClF2N3. The molecule has 0 fully saturated rings. The summed E-state index contributed by atoms with van der Waals surface area (Å²) in [5, 5.41) is 0. The standard InChI is InChI=1S/C15H12ClF2N3/c1-9-6-12-15(19-8-9)21(14(20-12)4-5-16)13-3-2-10(17)7-11(13)18/h2-3,6-8H,4-5H2,1H3. The fourth-order valence-corrected chi connectivity index (χ4v) is 2.45. The van der Waals surface area contributed by atoms with Crippen LogP contribution in [0.25, 0.3) is 16.9 Å². The van der Waals surface area contributed by atoms with Crippen LogP contribution < -0.4 is 0 Å². The van der Waals surface area contributed by atoms with Crippen molar-refractivity contribution in [1.82, 2.24) is 14.5 Å². The average Bonchev–Trinajstić information content (AvgIpc) is 2.76. The molecule has 0 unspecified atom stereocenters. The number of rotatable bonds is 3. The van der Waals surface area contributed by atoms with Crippen LogP contribution in [-0.2, 0) is 6.42 Å². The molecule has 1 aromatic carbocycles. The van der Waals surface area contributed by atoms with Crippen molar-refractivity contribution in [2.75, 3.05) is 5.88 Å². The van der Waals surface area contributed by atoms with E-state index in [0.717, 1.165) is 11.6 Å². The Kier molecular flexibility index (Phi) is 3.59. The summed E-state index contributed by atoms with van der Waals surface area (Å²) in [6, 6.07) is 5.31. The van der Waals surface area contributed by atoms with Crippen molar-refractivity contribution in [3.8, 4) is 5.69 Å². The molecule has 6 heteroatoms. The molecular weight excluding hydrogens is 296 g/mol. The molecule has 2 aromatic heterocycles. The van der Waals surface area contributed by atoms with Gasteiger partial charge in [0.1, 0.15) is 23.0 Å². The normalized spacial score (nSPS) is 11.2. The molecule has 0 aliphatic carbocycles. The highest BCUT2D eigenvalue weighted by Gasteiger charge is 2.16. The summed E-state index contributed by atoms with van der Waals surface area (Å²) in [5.74, 6) is -0.329. The molecule has 0 aliphatic rings. The van der Waals surface area contributed by atoms with Gasteiger partial charge in [0.2, 0.25) is 0 Å². The summed E-state index contributed by atoms with van der Waals surface area (Å²) in [5.41, 5.74) is 2.38. The Balaban J connectivity index is 2.30. The molecule has 3 nitrogen and oxygen atoms in total. The zero-order valence-corrected chi connectivity index (χ0v) is 12.0. The van der Waals surface area contributed by atoms with Crippen LogP contribution in [0.1, 0.15) is 11.4 Å². The number of hydrogen-bond donors (Lipinski definition) is 0. The summed E-state index contributed by atoms with van der Waals surface area (Å²) < 4.78 is 28.8. The zero-order valence-electron chi connectivity index (χ0n) is 11.3. The molecule has 3 aromatic rings. The quantitative estimate of drug-likeness (QED) is 0.689. The summed E-state index contributed by atoms with van der Waals surface area (Å²) in [4.78, 5) is 8.78. The van der Waals surface area contributed by atoms with Crippen LogP contribution in [0.5, 0.6) is 0 Å². The Morgan fingerprint density at radius 2 is 2.05 bits per heavy atom. The van der Waals surface area contributed by atoms with Crippen molar-refractivity contribution in [2.24, 2.45) is 0 Å². The monoisotopic (exact) mass is 307 g/mol. The second-order valence-electron chi connectivity index (χ2n) is 4.75. The topological polar surface area (TPSA) is 30.7 Å². The number of fused-ring (bicyclic) bond motifs is 1. The van der Waals surface area contributed by atoms with Crippen molar-refractivity contribution >= 4 is 22.8 Å². The first-order valence-corrected chi connectivity index (χ1v) is 6.99. The van der Waals surface area contributed by atoms with Crippen molar-refractivity contribution < 1.29 is 8.78 Å². The Bertz CT molecular complexity index is 814. The predicted octanol–water partition coefficient (Wildman–Crippen LogP) is 3.79. The highest BCUT2D eigenvalue weighted by molar-refractivity contribution is 6.17. The maximum absolute atomic E-state index is 14.1. The van der Waals surface area contributed by atoms with Gasteiger partial charge in [0.15, 0.2) is 5.65 Å². The summed E-state index contributed by atoms with van der Waals surface area (Å²) in [6.07, 6.45) is 2.15. The fourth-order valence-electron chi connectivity index (χ4n) is 2.28. The van der Waals surface area contributed by atoms with Crippen molar-refractivity contribution in [3.63, 3.8) is 0 Å². The highest BCUT2D eigenvalue weighted by Crippen LogP contribution is 2.23. The Morgan fingerprint density at radius 1 is 1.24 bits per heavy atom. The van der Waals surface area contributed by atoms with Gasteiger partial charge in [0, 0.05) is 24.6 Å². The third-order valence-corrected chi connectivity index (χ3v) is 3.36. The second kappa shape index (κ2) is 5.41. The van der Waals surface area contributed by atoms with Crippen LogP contribution in [0.15, 0.2) is 30.5 Å². The number of alkyl halides is 1. The van der Waals surface area contributed by atoms with Crippen LogP contribution in [0, 0.1) is 18.6 Å². The first-order chi connectivity index (χ1) is 10.1. The minimum Gasteiger partial charge on any atom is -0.278 e. The van der Waals surface area contributed by atoms with Gasteiger partial charge in [0.25, 0.3) is 0 Å². The number of imidazole rings is 1. The van der Waals surface area contributed by atoms with Gasteiger partial charge in [0.05, 0.1) is 5.69 Å². The molecule has 2 heterocycles. The van der Waals surface area contributed by atoms with E-state index in [2.05, 4.69) is 9.97 Å². The molecule has 0 N–H and O–H groups in total.